The van der Waals surface area contributed by atoms with Gasteiger partial charge in [0.2, 0.25) is 11.8 Å². The average Bonchev–Trinajstić information content (AvgIpc) is 2.67. The van der Waals surface area contributed by atoms with Gasteiger partial charge in [0, 0.05) is 58.4 Å². The third kappa shape index (κ3) is 5.84. The van der Waals surface area contributed by atoms with Crippen LogP contribution in [-0.2, 0) is 16.1 Å². The molecule has 0 aliphatic carbocycles. The van der Waals surface area contributed by atoms with Crippen LogP contribution in [-0.4, -0.2) is 43.9 Å². The smallest absolute Gasteiger partial charge is 0.224 e. The summed E-state index contributed by atoms with van der Waals surface area (Å²) in [4.78, 5) is 30.2. The lowest BCUT2D eigenvalue weighted by atomic mass is 10.2. The van der Waals surface area contributed by atoms with Gasteiger partial charge in [-0.05, 0) is 36.8 Å². The maximum atomic E-state index is 12.7. The van der Waals surface area contributed by atoms with Crippen LogP contribution in [0.3, 0.4) is 0 Å². The van der Waals surface area contributed by atoms with Crippen molar-refractivity contribution in [3.05, 3.63) is 60.2 Å². The molecule has 2 aromatic carbocycles. The van der Waals surface area contributed by atoms with E-state index in [4.69, 9.17) is 0 Å². The zero-order valence-electron chi connectivity index (χ0n) is 16.7. The normalized spacial score (nSPS) is 10.4. The topological polar surface area (TPSA) is 43.9 Å². The van der Waals surface area contributed by atoms with Crippen molar-refractivity contribution in [1.29, 1.82) is 0 Å². The van der Waals surface area contributed by atoms with E-state index in [0.29, 0.717) is 26.1 Å². The molecule has 27 heavy (non-hydrogen) atoms. The lowest BCUT2D eigenvalue weighted by Crippen LogP contribution is -2.36. The molecule has 0 saturated carbocycles. The lowest BCUT2D eigenvalue weighted by Gasteiger charge is -2.25. The molecular formula is C22H29N3O2. The average molecular weight is 367 g/mol. The van der Waals surface area contributed by atoms with Gasteiger partial charge in [0.25, 0.3) is 0 Å². The highest BCUT2D eigenvalue weighted by atomic mass is 16.2. The molecule has 0 fully saturated rings. The predicted molar refractivity (Wildman–Crippen MR) is 111 cm³/mol. The molecule has 2 amide bonds. The number of hydrogen-bond acceptors (Lipinski definition) is 3. The van der Waals surface area contributed by atoms with Crippen molar-refractivity contribution < 1.29 is 9.59 Å². The molecule has 5 heteroatoms. The second-order valence-corrected chi connectivity index (χ2v) is 6.72. The summed E-state index contributed by atoms with van der Waals surface area (Å²) in [6.07, 6.45) is 0.301. The van der Waals surface area contributed by atoms with Crippen molar-refractivity contribution in [2.45, 2.75) is 26.8 Å². The molecule has 0 radical (unpaired) electrons. The Morgan fingerprint density at radius 2 is 1.48 bits per heavy atom. The van der Waals surface area contributed by atoms with Gasteiger partial charge in [0.05, 0.1) is 0 Å². The molecule has 0 aliphatic rings. The first-order valence-electron chi connectivity index (χ1n) is 9.29. The minimum atomic E-state index is -0.0634. The summed E-state index contributed by atoms with van der Waals surface area (Å²) < 4.78 is 0. The van der Waals surface area contributed by atoms with Crippen LogP contribution in [0.4, 0.5) is 11.4 Å². The molecule has 0 spiro atoms. The summed E-state index contributed by atoms with van der Waals surface area (Å²) >= 11 is 0. The van der Waals surface area contributed by atoms with Crippen LogP contribution >= 0.6 is 0 Å². The number of carbonyl (C=O) groups excluding carboxylic acids is 2. The fourth-order valence-electron chi connectivity index (χ4n) is 2.94. The van der Waals surface area contributed by atoms with Crippen molar-refractivity contribution in [2.75, 3.05) is 37.0 Å². The molecule has 2 aromatic rings. The highest BCUT2D eigenvalue weighted by Crippen LogP contribution is 2.20. The van der Waals surface area contributed by atoms with Crippen LogP contribution in [0.5, 0.6) is 0 Å². The Morgan fingerprint density at radius 1 is 0.889 bits per heavy atom. The van der Waals surface area contributed by atoms with E-state index in [0.717, 1.165) is 16.9 Å². The van der Waals surface area contributed by atoms with Crippen LogP contribution in [0.25, 0.3) is 0 Å². The van der Waals surface area contributed by atoms with E-state index >= 15 is 0 Å². The van der Waals surface area contributed by atoms with Crippen LogP contribution in [0.1, 0.15) is 25.8 Å². The molecule has 0 heterocycles. The first-order chi connectivity index (χ1) is 12.9. The minimum absolute atomic E-state index is 0.0533. The molecule has 5 nitrogen and oxygen atoms in total. The number of anilines is 2. The second kappa shape index (κ2) is 9.76. The van der Waals surface area contributed by atoms with Gasteiger partial charge in [-0.1, -0.05) is 30.3 Å². The third-order valence-corrected chi connectivity index (χ3v) is 4.56. The molecular weight excluding hydrogens is 338 g/mol. The van der Waals surface area contributed by atoms with E-state index in [1.807, 2.05) is 85.4 Å². The molecule has 0 atom stereocenters. The largest absolute Gasteiger partial charge is 0.378 e. The van der Waals surface area contributed by atoms with Crippen LogP contribution in [0.2, 0.25) is 0 Å². The SMILES string of the molecule is CCN(Cc1ccccc1)C(=O)CCN(C(C)=O)c1ccc(N(C)C)cc1. The van der Waals surface area contributed by atoms with Gasteiger partial charge in [-0.3, -0.25) is 9.59 Å². The zero-order valence-corrected chi connectivity index (χ0v) is 16.7. The Balaban J connectivity index is 2.01. The number of rotatable bonds is 8. The van der Waals surface area contributed by atoms with E-state index in [2.05, 4.69) is 0 Å². The molecule has 0 aliphatic heterocycles. The van der Waals surface area contributed by atoms with Gasteiger partial charge < -0.3 is 14.7 Å². The monoisotopic (exact) mass is 367 g/mol. The molecule has 0 unspecified atom stereocenters. The third-order valence-electron chi connectivity index (χ3n) is 4.56. The number of benzene rings is 2. The predicted octanol–water partition coefficient (Wildman–Crippen LogP) is 3.54. The van der Waals surface area contributed by atoms with Crippen molar-refractivity contribution >= 4 is 23.2 Å². The first-order valence-corrected chi connectivity index (χ1v) is 9.29. The summed E-state index contributed by atoms with van der Waals surface area (Å²) in [5.41, 5.74) is 2.99. The molecule has 0 bridgehead atoms. The second-order valence-electron chi connectivity index (χ2n) is 6.72. The van der Waals surface area contributed by atoms with Gasteiger partial charge in [-0.2, -0.15) is 0 Å². The number of hydrogen-bond donors (Lipinski definition) is 0. The van der Waals surface area contributed by atoms with E-state index in [1.165, 1.54) is 6.92 Å². The van der Waals surface area contributed by atoms with E-state index in [-0.39, 0.29) is 11.8 Å². The summed E-state index contributed by atoms with van der Waals surface area (Å²) in [7, 11) is 3.95. The lowest BCUT2D eigenvalue weighted by molar-refractivity contribution is -0.131. The van der Waals surface area contributed by atoms with E-state index in [1.54, 1.807) is 4.90 Å². The van der Waals surface area contributed by atoms with Crippen molar-refractivity contribution in [1.82, 2.24) is 4.90 Å². The summed E-state index contributed by atoms with van der Waals surface area (Å²) in [5, 5.41) is 0. The maximum Gasteiger partial charge on any atom is 0.224 e. The molecule has 0 N–H and O–H groups in total. The van der Waals surface area contributed by atoms with Gasteiger partial charge in [0.15, 0.2) is 0 Å². The summed E-state index contributed by atoms with van der Waals surface area (Å²) in [6, 6.07) is 17.7. The van der Waals surface area contributed by atoms with Crippen LogP contribution < -0.4 is 9.80 Å². The van der Waals surface area contributed by atoms with Crippen molar-refractivity contribution in [3.63, 3.8) is 0 Å². The zero-order chi connectivity index (χ0) is 19.8. The summed E-state index contributed by atoms with van der Waals surface area (Å²) in [5.74, 6) is -0.0102. The van der Waals surface area contributed by atoms with Gasteiger partial charge >= 0.3 is 0 Å². The molecule has 0 saturated heterocycles. The minimum Gasteiger partial charge on any atom is -0.378 e. The fraction of sp³-hybridized carbons (Fsp3) is 0.364. The van der Waals surface area contributed by atoms with Gasteiger partial charge in [-0.15, -0.1) is 0 Å². The Bertz CT molecular complexity index is 742. The van der Waals surface area contributed by atoms with E-state index < -0.39 is 0 Å². The molecule has 144 valence electrons. The fourth-order valence-corrected chi connectivity index (χ4v) is 2.94. The quantitative estimate of drug-likeness (QED) is 0.717. The maximum absolute atomic E-state index is 12.7. The Hall–Kier alpha value is -2.82. The number of amides is 2. The van der Waals surface area contributed by atoms with Crippen LogP contribution in [0.15, 0.2) is 54.6 Å². The van der Waals surface area contributed by atoms with Gasteiger partial charge in [-0.25, -0.2) is 0 Å². The Labute approximate surface area is 162 Å². The standard InChI is InChI=1S/C22H29N3O2/c1-5-24(17-19-9-7-6-8-10-19)22(27)15-16-25(18(2)26)21-13-11-20(12-14-21)23(3)4/h6-14H,5,15-17H2,1-4H3. The molecule has 0 aromatic heterocycles. The highest BCUT2D eigenvalue weighted by molar-refractivity contribution is 5.92. The highest BCUT2D eigenvalue weighted by Gasteiger charge is 2.17. The number of carbonyl (C=O) groups is 2. The first kappa shape index (κ1) is 20.5. The Kier molecular flexibility index (Phi) is 7.41. The van der Waals surface area contributed by atoms with Crippen molar-refractivity contribution in [3.8, 4) is 0 Å². The Morgan fingerprint density at radius 3 is 2.00 bits per heavy atom. The van der Waals surface area contributed by atoms with Crippen LogP contribution in [0, 0.1) is 0 Å². The van der Waals surface area contributed by atoms with Gasteiger partial charge in [0.1, 0.15) is 0 Å². The van der Waals surface area contributed by atoms with E-state index in [9.17, 15) is 9.59 Å². The number of nitrogens with zero attached hydrogens (tertiary/aromatic N) is 3. The molecule has 2 rings (SSSR count). The summed E-state index contributed by atoms with van der Waals surface area (Å²) in [6.45, 7) is 5.12. The van der Waals surface area contributed by atoms with Crippen molar-refractivity contribution in [2.24, 2.45) is 0 Å².